The maximum absolute atomic E-state index is 11.7. The Morgan fingerprint density at radius 2 is 2.00 bits per heavy atom. The van der Waals surface area contributed by atoms with Crippen LogP contribution in [0.2, 0.25) is 0 Å². The average molecular weight is 275 g/mol. The number of carboxylic acid groups (broad SMARTS) is 1. The monoisotopic (exact) mass is 275 g/mol. The van der Waals surface area contributed by atoms with Crippen LogP contribution in [0.3, 0.4) is 0 Å². The van der Waals surface area contributed by atoms with Crippen LogP contribution in [0.5, 0.6) is 0 Å². The molecule has 0 spiro atoms. The normalized spacial score (nSPS) is 9.55. The molecule has 1 rings (SSSR count). The Bertz CT molecular complexity index is 482. The summed E-state index contributed by atoms with van der Waals surface area (Å²) in [5.74, 6) is -1.13. The molecule has 0 atom stereocenters. The van der Waals surface area contributed by atoms with E-state index in [-0.39, 0.29) is 31.8 Å². The maximum atomic E-state index is 11.7. The van der Waals surface area contributed by atoms with E-state index >= 15 is 0 Å². The second-order valence-corrected chi connectivity index (χ2v) is 4.16. The second kappa shape index (κ2) is 8.53. The Morgan fingerprint density at radius 1 is 1.30 bits per heavy atom. The van der Waals surface area contributed by atoms with Crippen molar-refractivity contribution in [1.29, 1.82) is 5.26 Å². The number of nitriles is 1. The molecule has 0 fully saturated rings. The predicted octanol–water partition coefficient (Wildman–Crippen LogP) is 0.998. The second-order valence-electron chi connectivity index (χ2n) is 4.16. The highest BCUT2D eigenvalue weighted by molar-refractivity contribution is 5.81. The van der Waals surface area contributed by atoms with Crippen molar-refractivity contribution < 1.29 is 14.7 Å². The minimum Gasteiger partial charge on any atom is -0.481 e. The number of hydrogen-bond donors (Lipinski definition) is 2. The number of hydrogen-bond acceptors (Lipinski definition) is 4. The fourth-order valence-corrected chi connectivity index (χ4v) is 1.66. The van der Waals surface area contributed by atoms with Gasteiger partial charge in [0.2, 0.25) is 5.91 Å². The summed E-state index contributed by atoms with van der Waals surface area (Å²) in [4.78, 5) is 24.1. The lowest BCUT2D eigenvalue weighted by Crippen LogP contribution is -2.38. The SMILES string of the molecule is N#CCCNC(=O)CN(CCC(=O)O)c1ccccc1. The third-order valence-electron chi connectivity index (χ3n) is 2.61. The van der Waals surface area contributed by atoms with Gasteiger partial charge in [0.15, 0.2) is 0 Å². The fourth-order valence-electron chi connectivity index (χ4n) is 1.66. The lowest BCUT2D eigenvalue weighted by atomic mass is 10.2. The number of anilines is 1. The van der Waals surface area contributed by atoms with Crippen LogP contribution in [0.15, 0.2) is 30.3 Å². The summed E-state index contributed by atoms with van der Waals surface area (Å²) in [6.07, 6.45) is 0.215. The summed E-state index contributed by atoms with van der Waals surface area (Å²) in [6, 6.07) is 11.1. The average Bonchev–Trinajstić information content (AvgIpc) is 2.44. The molecule has 0 unspecified atom stereocenters. The topological polar surface area (TPSA) is 93.4 Å². The van der Waals surface area contributed by atoms with E-state index in [1.165, 1.54) is 0 Å². The molecule has 6 nitrogen and oxygen atoms in total. The molecule has 0 aliphatic rings. The van der Waals surface area contributed by atoms with Gasteiger partial charge < -0.3 is 15.3 Å². The summed E-state index contributed by atoms with van der Waals surface area (Å²) in [6.45, 7) is 0.630. The van der Waals surface area contributed by atoms with E-state index in [9.17, 15) is 9.59 Å². The highest BCUT2D eigenvalue weighted by Crippen LogP contribution is 2.13. The number of amides is 1. The number of nitrogens with one attached hydrogen (secondary N) is 1. The predicted molar refractivity (Wildman–Crippen MR) is 74.1 cm³/mol. The van der Waals surface area contributed by atoms with Crippen molar-refractivity contribution in [3.63, 3.8) is 0 Å². The molecule has 0 saturated carbocycles. The van der Waals surface area contributed by atoms with E-state index in [1.807, 2.05) is 36.4 Å². The molecule has 0 heterocycles. The van der Waals surface area contributed by atoms with Gasteiger partial charge in [-0.3, -0.25) is 9.59 Å². The lowest BCUT2D eigenvalue weighted by Gasteiger charge is -2.23. The molecular formula is C14H17N3O3. The first-order valence-electron chi connectivity index (χ1n) is 6.29. The molecule has 6 heteroatoms. The van der Waals surface area contributed by atoms with Crippen LogP contribution in [-0.2, 0) is 9.59 Å². The molecule has 0 saturated heterocycles. The number of nitrogens with zero attached hydrogens (tertiary/aromatic N) is 2. The highest BCUT2D eigenvalue weighted by atomic mass is 16.4. The van der Waals surface area contributed by atoms with Crippen LogP contribution in [0, 0.1) is 11.3 Å². The maximum Gasteiger partial charge on any atom is 0.305 e. The van der Waals surface area contributed by atoms with E-state index in [4.69, 9.17) is 10.4 Å². The number of carboxylic acids is 1. The van der Waals surface area contributed by atoms with Gasteiger partial charge in [0.05, 0.1) is 25.5 Å². The molecule has 106 valence electrons. The molecule has 0 aliphatic heterocycles. The van der Waals surface area contributed by atoms with Crippen LogP contribution in [0.25, 0.3) is 0 Å². The van der Waals surface area contributed by atoms with Crippen LogP contribution < -0.4 is 10.2 Å². The zero-order chi connectivity index (χ0) is 14.8. The van der Waals surface area contributed by atoms with Gasteiger partial charge in [-0.2, -0.15) is 5.26 Å². The first kappa shape index (κ1) is 15.5. The Balaban J connectivity index is 2.61. The largest absolute Gasteiger partial charge is 0.481 e. The van der Waals surface area contributed by atoms with Crippen LogP contribution in [0.1, 0.15) is 12.8 Å². The zero-order valence-electron chi connectivity index (χ0n) is 11.1. The lowest BCUT2D eigenvalue weighted by molar-refractivity contribution is -0.136. The highest BCUT2D eigenvalue weighted by Gasteiger charge is 2.12. The molecule has 1 aromatic carbocycles. The van der Waals surface area contributed by atoms with Gasteiger partial charge in [0.1, 0.15) is 0 Å². The quantitative estimate of drug-likeness (QED) is 0.690. The van der Waals surface area contributed by atoms with Gasteiger partial charge in [0, 0.05) is 18.8 Å². The Hall–Kier alpha value is -2.55. The number of carbonyl (C=O) groups is 2. The summed E-state index contributed by atoms with van der Waals surface area (Å²) in [5, 5.41) is 19.8. The van der Waals surface area contributed by atoms with Crippen molar-refractivity contribution in [2.75, 3.05) is 24.5 Å². The van der Waals surface area contributed by atoms with Gasteiger partial charge in [-0.25, -0.2) is 0 Å². The zero-order valence-corrected chi connectivity index (χ0v) is 11.1. The van der Waals surface area contributed by atoms with Crippen LogP contribution >= 0.6 is 0 Å². The number of carbonyl (C=O) groups excluding carboxylic acids is 1. The van der Waals surface area contributed by atoms with Gasteiger partial charge >= 0.3 is 5.97 Å². The molecule has 0 aromatic heterocycles. The third-order valence-corrected chi connectivity index (χ3v) is 2.61. The number of aliphatic carboxylic acids is 1. The van der Waals surface area contributed by atoms with Crippen molar-refractivity contribution in [2.45, 2.75) is 12.8 Å². The van der Waals surface area contributed by atoms with Crippen molar-refractivity contribution in [3.8, 4) is 6.07 Å². The van der Waals surface area contributed by atoms with E-state index in [1.54, 1.807) is 4.90 Å². The van der Waals surface area contributed by atoms with E-state index < -0.39 is 5.97 Å². The molecule has 20 heavy (non-hydrogen) atoms. The molecule has 0 aliphatic carbocycles. The fraction of sp³-hybridized carbons (Fsp3) is 0.357. The minimum absolute atomic E-state index is 0.0413. The Kier molecular flexibility index (Phi) is 6.62. The van der Waals surface area contributed by atoms with Crippen LogP contribution in [-0.4, -0.2) is 36.6 Å². The summed E-state index contributed by atoms with van der Waals surface area (Å²) < 4.78 is 0. The van der Waals surface area contributed by atoms with Crippen molar-refractivity contribution in [2.24, 2.45) is 0 Å². The van der Waals surface area contributed by atoms with Gasteiger partial charge in [-0.1, -0.05) is 18.2 Å². The third kappa shape index (κ3) is 5.87. The smallest absolute Gasteiger partial charge is 0.305 e. The summed E-state index contributed by atoms with van der Waals surface area (Å²) in [5.41, 5.74) is 0.796. The van der Waals surface area contributed by atoms with Crippen molar-refractivity contribution in [3.05, 3.63) is 30.3 Å². The standard InChI is InChI=1S/C14H17N3O3/c15-8-4-9-16-13(18)11-17(10-7-14(19)20)12-5-2-1-3-6-12/h1-3,5-6H,4,7,9-11H2,(H,16,18)(H,19,20). The van der Waals surface area contributed by atoms with E-state index in [0.29, 0.717) is 6.54 Å². The molecule has 2 N–H and O–H groups in total. The van der Waals surface area contributed by atoms with Crippen molar-refractivity contribution in [1.82, 2.24) is 5.32 Å². The minimum atomic E-state index is -0.907. The number of para-hydroxylation sites is 1. The van der Waals surface area contributed by atoms with E-state index in [0.717, 1.165) is 5.69 Å². The van der Waals surface area contributed by atoms with Crippen LogP contribution in [0.4, 0.5) is 5.69 Å². The molecule has 0 radical (unpaired) electrons. The van der Waals surface area contributed by atoms with Gasteiger partial charge in [0.25, 0.3) is 0 Å². The van der Waals surface area contributed by atoms with Gasteiger partial charge in [-0.15, -0.1) is 0 Å². The number of rotatable bonds is 8. The number of benzene rings is 1. The van der Waals surface area contributed by atoms with Gasteiger partial charge in [-0.05, 0) is 12.1 Å². The van der Waals surface area contributed by atoms with Crippen molar-refractivity contribution >= 4 is 17.6 Å². The molecule has 1 aromatic rings. The Labute approximate surface area is 117 Å². The molecular weight excluding hydrogens is 258 g/mol. The molecule has 0 bridgehead atoms. The summed E-state index contributed by atoms with van der Waals surface area (Å²) >= 11 is 0. The molecule has 1 amide bonds. The van der Waals surface area contributed by atoms with E-state index in [2.05, 4.69) is 5.32 Å². The summed E-state index contributed by atoms with van der Waals surface area (Å²) in [7, 11) is 0. The Morgan fingerprint density at radius 3 is 2.60 bits per heavy atom. The first-order valence-corrected chi connectivity index (χ1v) is 6.29. The first-order chi connectivity index (χ1) is 9.63.